The smallest absolute Gasteiger partial charge is 0.219 e. The average Bonchev–Trinajstić information content (AvgIpc) is 2.24. The molecule has 13 heavy (non-hydrogen) atoms. The van der Waals surface area contributed by atoms with Gasteiger partial charge in [0.2, 0.25) is 5.91 Å². The first-order valence-electron chi connectivity index (χ1n) is 4.12. The molecule has 1 fully saturated rings. The van der Waals surface area contributed by atoms with Gasteiger partial charge in [-0.05, 0) is 0 Å². The zero-order valence-corrected chi connectivity index (χ0v) is 9.07. The molecule has 6 heteroatoms. The van der Waals surface area contributed by atoms with E-state index in [1.165, 1.54) is 0 Å². The first-order valence-corrected chi connectivity index (χ1v) is 6.46. The molecule has 2 atom stereocenters. The Morgan fingerprint density at radius 1 is 1.54 bits per heavy atom. The lowest BCUT2D eigenvalue weighted by atomic mass is 10.2. The molecule has 0 unspecified atom stereocenters. The fraction of sp³-hybridized carbons (Fsp3) is 0.857. The van der Waals surface area contributed by atoms with Crippen molar-refractivity contribution in [3.05, 3.63) is 0 Å². The van der Waals surface area contributed by atoms with Crippen LogP contribution in [0.1, 0.15) is 13.3 Å². The van der Waals surface area contributed by atoms with Crippen molar-refractivity contribution in [3.63, 3.8) is 0 Å². The Bertz CT molecular complexity index is 299. The normalized spacial score (nSPS) is 31.5. The maximum absolute atomic E-state index is 11.1. The van der Waals surface area contributed by atoms with E-state index in [9.17, 15) is 13.2 Å². The number of hydrogen-bond donors (Lipinski definition) is 2. The van der Waals surface area contributed by atoms with Crippen molar-refractivity contribution in [2.75, 3.05) is 11.5 Å². The molecule has 1 N–H and O–H groups in total. The number of rotatable bonds is 2. The van der Waals surface area contributed by atoms with Crippen molar-refractivity contribution in [3.8, 4) is 0 Å². The molecule has 1 aliphatic heterocycles. The van der Waals surface area contributed by atoms with Crippen molar-refractivity contribution < 1.29 is 13.2 Å². The van der Waals surface area contributed by atoms with Gasteiger partial charge in [0.05, 0.1) is 17.5 Å². The van der Waals surface area contributed by atoms with Crippen LogP contribution in [0.4, 0.5) is 0 Å². The second kappa shape index (κ2) is 3.88. The van der Waals surface area contributed by atoms with Crippen molar-refractivity contribution >= 4 is 28.4 Å². The highest BCUT2D eigenvalue weighted by Gasteiger charge is 2.35. The molecular formula is C7H13NO3S2. The van der Waals surface area contributed by atoms with Gasteiger partial charge < -0.3 is 5.32 Å². The van der Waals surface area contributed by atoms with Gasteiger partial charge >= 0.3 is 0 Å². The van der Waals surface area contributed by atoms with E-state index in [-0.39, 0.29) is 28.7 Å². The predicted molar refractivity (Wildman–Crippen MR) is 53.6 cm³/mol. The molecule has 0 aromatic heterocycles. The van der Waals surface area contributed by atoms with Crippen molar-refractivity contribution in [1.29, 1.82) is 0 Å². The lowest BCUT2D eigenvalue weighted by molar-refractivity contribution is -0.121. The van der Waals surface area contributed by atoms with Crippen LogP contribution >= 0.6 is 12.6 Å². The lowest BCUT2D eigenvalue weighted by Crippen LogP contribution is -2.40. The Morgan fingerprint density at radius 3 is 2.54 bits per heavy atom. The third-order valence-corrected chi connectivity index (χ3v) is 4.51. The van der Waals surface area contributed by atoms with Gasteiger partial charge in [-0.2, -0.15) is 12.6 Å². The van der Waals surface area contributed by atoms with Crippen LogP contribution in [0.5, 0.6) is 0 Å². The Kier molecular flexibility index (Phi) is 3.23. The monoisotopic (exact) mass is 223 g/mol. The van der Waals surface area contributed by atoms with E-state index in [1.807, 2.05) is 0 Å². The van der Waals surface area contributed by atoms with Gasteiger partial charge in [-0.25, -0.2) is 8.42 Å². The summed E-state index contributed by atoms with van der Waals surface area (Å²) < 4.78 is 22.2. The van der Waals surface area contributed by atoms with Crippen LogP contribution in [-0.4, -0.2) is 37.1 Å². The molecule has 1 saturated heterocycles. The first-order chi connectivity index (χ1) is 5.94. The molecular weight excluding hydrogens is 210 g/mol. The van der Waals surface area contributed by atoms with Crippen LogP contribution < -0.4 is 5.32 Å². The third kappa shape index (κ3) is 2.87. The summed E-state index contributed by atoms with van der Waals surface area (Å²) in [4.78, 5) is 11.0. The van der Waals surface area contributed by atoms with Crippen LogP contribution in [-0.2, 0) is 14.6 Å². The van der Waals surface area contributed by atoms with Crippen molar-refractivity contribution in [2.45, 2.75) is 24.6 Å². The minimum absolute atomic E-state index is 0.0207. The maximum Gasteiger partial charge on any atom is 0.219 e. The van der Waals surface area contributed by atoms with E-state index < -0.39 is 9.84 Å². The zero-order valence-electron chi connectivity index (χ0n) is 7.36. The maximum atomic E-state index is 11.1. The average molecular weight is 223 g/mol. The van der Waals surface area contributed by atoms with Gasteiger partial charge in [0.1, 0.15) is 0 Å². The van der Waals surface area contributed by atoms with Crippen molar-refractivity contribution in [2.24, 2.45) is 0 Å². The molecule has 1 aliphatic rings. The molecule has 0 bridgehead atoms. The first kappa shape index (κ1) is 10.8. The fourth-order valence-electron chi connectivity index (χ4n) is 1.28. The van der Waals surface area contributed by atoms with Crippen LogP contribution in [0.2, 0.25) is 0 Å². The number of carbonyl (C=O) groups is 1. The summed E-state index contributed by atoms with van der Waals surface area (Å²) in [6.07, 6.45) is 0.372. The zero-order chi connectivity index (χ0) is 10.1. The highest BCUT2D eigenvalue weighted by molar-refractivity contribution is 7.93. The van der Waals surface area contributed by atoms with Crippen LogP contribution in [0.25, 0.3) is 0 Å². The second-order valence-corrected chi connectivity index (χ2v) is 5.99. The summed E-state index contributed by atoms with van der Waals surface area (Å²) >= 11 is 4.12. The lowest BCUT2D eigenvalue weighted by Gasteiger charge is -2.13. The summed E-state index contributed by atoms with van der Waals surface area (Å²) in [6.45, 7) is 1.73. The molecule has 0 aromatic rings. The number of thiol groups is 1. The van der Waals surface area contributed by atoms with Crippen LogP contribution in [0.3, 0.4) is 0 Å². The van der Waals surface area contributed by atoms with Gasteiger partial charge in [-0.1, -0.05) is 6.92 Å². The van der Waals surface area contributed by atoms with Gasteiger partial charge in [0, 0.05) is 11.7 Å². The van der Waals surface area contributed by atoms with Crippen LogP contribution in [0, 0.1) is 0 Å². The Hall–Kier alpha value is -0.230. The minimum atomic E-state index is -2.99. The fourth-order valence-corrected chi connectivity index (χ4v) is 4.03. The molecule has 0 saturated carbocycles. The van der Waals surface area contributed by atoms with Gasteiger partial charge in [0.25, 0.3) is 0 Å². The molecule has 0 aromatic carbocycles. The molecule has 0 radical (unpaired) electrons. The summed E-state index contributed by atoms with van der Waals surface area (Å²) in [5.41, 5.74) is 0. The Labute approximate surface area is 83.4 Å². The summed E-state index contributed by atoms with van der Waals surface area (Å²) in [7, 11) is -2.99. The van der Waals surface area contributed by atoms with E-state index >= 15 is 0 Å². The van der Waals surface area contributed by atoms with E-state index in [4.69, 9.17) is 0 Å². The Morgan fingerprint density at radius 2 is 2.15 bits per heavy atom. The number of amides is 1. The second-order valence-electron chi connectivity index (χ2n) is 3.17. The summed E-state index contributed by atoms with van der Waals surface area (Å²) in [6, 6.07) is -0.319. The third-order valence-electron chi connectivity index (χ3n) is 1.99. The summed E-state index contributed by atoms with van der Waals surface area (Å²) in [5.74, 6) is -0.0429. The highest BCUT2D eigenvalue weighted by atomic mass is 32.2. The van der Waals surface area contributed by atoms with Gasteiger partial charge in [-0.15, -0.1) is 0 Å². The van der Waals surface area contributed by atoms with E-state index in [0.717, 1.165) is 0 Å². The van der Waals surface area contributed by atoms with E-state index in [1.54, 1.807) is 6.92 Å². The SMILES string of the molecule is CCC(=O)N[C@H]1CS(=O)(=O)C[C@H]1S. The standard InChI is InChI=1S/C7H13NO3S2/c1-2-7(9)8-5-3-13(10,11)4-6(5)12/h5-6,12H,2-4H2,1H3,(H,8,9)/t5-,6+/m0/s1. The molecule has 1 heterocycles. The van der Waals surface area contributed by atoms with Gasteiger partial charge in [-0.3, -0.25) is 4.79 Å². The minimum Gasteiger partial charge on any atom is -0.351 e. The molecule has 0 spiro atoms. The highest BCUT2D eigenvalue weighted by Crippen LogP contribution is 2.17. The number of hydrogen-bond acceptors (Lipinski definition) is 4. The van der Waals surface area contributed by atoms with Crippen LogP contribution in [0.15, 0.2) is 0 Å². The predicted octanol–water partition coefficient (Wildman–Crippen LogP) is -0.392. The molecule has 76 valence electrons. The van der Waals surface area contributed by atoms with E-state index in [0.29, 0.717) is 6.42 Å². The topological polar surface area (TPSA) is 63.2 Å². The van der Waals surface area contributed by atoms with Gasteiger partial charge in [0.15, 0.2) is 9.84 Å². The molecule has 4 nitrogen and oxygen atoms in total. The van der Waals surface area contributed by atoms with Crippen molar-refractivity contribution in [1.82, 2.24) is 5.32 Å². The molecule has 0 aliphatic carbocycles. The van der Waals surface area contributed by atoms with E-state index in [2.05, 4.69) is 17.9 Å². The summed E-state index contributed by atoms with van der Waals surface area (Å²) in [5, 5.41) is 2.38. The molecule has 1 rings (SSSR count). The molecule has 1 amide bonds. The number of carbonyl (C=O) groups excluding carboxylic acids is 1. The largest absolute Gasteiger partial charge is 0.351 e. The number of nitrogens with one attached hydrogen (secondary N) is 1. The number of sulfone groups is 1. The quantitative estimate of drug-likeness (QED) is 0.627. The Balaban J connectivity index is 2.59.